The van der Waals surface area contributed by atoms with Crippen molar-refractivity contribution in [2.24, 2.45) is 11.8 Å². The molecule has 0 aromatic rings. The number of carboxylic acid groups (broad SMARTS) is 1. The summed E-state index contributed by atoms with van der Waals surface area (Å²) in [6, 6.07) is -0.558. The summed E-state index contributed by atoms with van der Waals surface area (Å²) in [5.41, 5.74) is 1.27. The standard InChI is InChI=1S/C24H35NO6/c1-14(9-7-11-15(2)13-17(4)21(27)24(30)31)10-8-12-16(3)20(26)19-22(28)18(5)25(6)23(19)29/h7,11-14,17-18,21,26-27H,8-10H2,1-6H3,(H,30,31)/b11-7+,15-13+,16-12+,20-19?/t14?,17?,18-,21?/m0/s1. The monoisotopic (exact) mass is 433 g/mol. The predicted molar refractivity (Wildman–Crippen MR) is 119 cm³/mol. The summed E-state index contributed by atoms with van der Waals surface area (Å²) in [5, 5.41) is 28.7. The van der Waals surface area contributed by atoms with Gasteiger partial charge in [0, 0.05) is 13.0 Å². The van der Waals surface area contributed by atoms with E-state index in [-0.39, 0.29) is 17.1 Å². The van der Waals surface area contributed by atoms with Crippen LogP contribution in [0.15, 0.2) is 46.8 Å². The van der Waals surface area contributed by atoms with Gasteiger partial charge in [0.15, 0.2) is 11.9 Å². The molecule has 0 bridgehead atoms. The summed E-state index contributed by atoms with van der Waals surface area (Å²) in [6.07, 6.45) is 8.45. The number of carbonyl (C=O) groups is 3. The molecule has 31 heavy (non-hydrogen) atoms. The maximum absolute atomic E-state index is 12.2. The first-order chi connectivity index (χ1) is 14.4. The Bertz CT molecular complexity index is 798. The fraction of sp³-hybridized carbons (Fsp3) is 0.542. The average molecular weight is 434 g/mol. The summed E-state index contributed by atoms with van der Waals surface area (Å²) in [4.78, 5) is 36.5. The van der Waals surface area contributed by atoms with Crippen LogP contribution in [0.3, 0.4) is 0 Å². The van der Waals surface area contributed by atoms with E-state index in [9.17, 15) is 24.6 Å². The van der Waals surface area contributed by atoms with Crippen molar-refractivity contribution in [2.45, 2.75) is 66.0 Å². The Hall–Kier alpha value is -2.67. The molecular weight excluding hydrogens is 398 g/mol. The number of carbonyl (C=O) groups excluding carboxylic acids is 2. The number of aliphatic hydroxyl groups is 2. The summed E-state index contributed by atoms with van der Waals surface area (Å²) in [6.45, 7) is 8.95. The van der Waals surface area contributed by atoms with E-state index in [1.165, 1.54) is 4.90 Å². The third-order valence-corrected chi connectivity index (χ3v) is 5.66. The van der Waals surface area contributed by atoms with Gasteiger partial charge in [0.2, 0.25) is 0 Å². The molecule has 0 spiro atoms. The first-order valence-corrected chi connectivity index (χ1v) is 10.6. The van der Waals surface area contributed by atoms with Gasteiger partial charge in [-0.15, -0.1) is 0 Å². The number of hydrogen-bond acceptors (Lipinski definition) is 5. The van der Waals surface area contributed by atoms with Crippen molar-refractivity contribution in [2.75, 3.05) is 7.05 Å². The zero-order chi connectivity index (χ0) is 23.9. The van der Waals surface area contributed by atoms with Crippen LogP contribution < -0.4 is 0 Å². The molecule has 0 aromatic carbocycles. The molecule has 1 fully saturated rings. The van der Waals surface area contributed by atoms with E-state index in [1.807, 2.05) is 25.2 Å². The molecule has 1 amide bonds. The van der Waals surface area contributed by atoms with Gasteiger partial charge < -0.3 is 20.2 Å². The van der Waals surface area contributed by atoms with Gasteiger partial charge in [0.1, 0.15) is 11.3 Å². The molecule has 3 N–H and O–H groups in total. The normalized spacial score (nSPS) is 22.8. The number of likely N-dealkylation sites (tertiary alicyclic amines) is 1. The van der Waals surface area contributed by atoms with Crippen LogP contribution in [0, 0.1) is 11.8 Å². The number of hydrogen-bond donors (Lipinski definition) is 3. The molecule has 3 unspecified atom stereocenters. The molecule has 1 heterocycles. The van der Waals surface area contributed by atoms with Gasteiger partial charge in [-0.05, 0) is 51.5 Å². The smallest absolute Gasteiger partial charge is 0.333 e. The highest BCUT2D eigenvalue weighted by Crippen LogP contribution is 2.25. The second-order valence-corrected chi connectivity index (χ2v) is 8.44. The molecule has 1 rings (SSSR count). The van der Waals surface area contributed by atoms with Crippen LogP contribution in [-0.2, 0) is 14.4 Å². The van der Waals surface area contributed by atoms with Crippen LogP contribution in [0.4, 0.5) is 0 Å². The van der Waals surface area contributed by atoms with Gasteiger partial charge in [0.25, 0.3) is 5.91 Å². The van der Waals surface area contributed by atoms with Crippen molar-refractivity contribution in [3.63, 3.8) is 0 Å². The van der Waals surface area contributed by atoms with Crippen molar-refractivity contribution >= 4 is 17.7 Å². The Kier molecular flexibility index (Phi) is 9.91. The second kappa shape index (κ2) is 11.6. The van der Waals surface area contributed by atoms with Crippen molar-refractivity contribution < 1.29 is 29.7 Å². The molecule has 172 valence electrons. The molecule has 7 nitrogen and oxygen atoms in total. The first kappa shape index (κ1) is 26.4. The van der Waals surface area contributed by atoms with Crippen molar-refractivity contribution in [3.05, 3.63) is 46.8 Å². The lowest BCUT2D eigenvalue weighted by Gasteiger charge is -2.11. The Morgan fingerprint density at radius 3 is 2.32 bits per heavy atom. The van der Waals surface area contributed by atoms with Crippen LogP contribution in [0.25, 0.3) is 0 Å². The van der Waals surface area contributed by atoms with Crippen LogP contribution in [0.2, 0.25) is 0 Å². The SMILES string of the molecule is CC(/C=C/CC(C)CC/C=C(\C)C(O)=C1C(=O)[C@H](C)N(C)C1=O)=C\C(C)C(O)C(=O)O. The van der Waals surface area contributed by atoms with Gasteiger partial charge in [-0.2, -0.15) is 0 Å². The molecule has 1 aliphatic rings. The second-order valence-electron chi connectivity index (χ2n) is 8.44. The van der Waals surface area contributed by atoms with E-state index in [0.717, 1.165) is 18.4 Å². The minimum atomic E-state index is -1.41. The summed E-state index contributed by atoms with van der Waals surface area (Å²) in [5.74, 6) is -2.39. The maximum Gasteiger partial charge on any atom is 0.333 e. The fourth-order valence-corrected chi connectivity index (χ4v) is 3.33. The minimum absolute atomic E-state index is 0.135. The largest absolute Gasteiger partial charge is 0.507 e. The number of carboxylic acids is 1. The highest BCUT2D eigenvalue weighted by atomic mass is 16.4. The molecule has 0 radical (unpaired) electrons. The van der Waals surface area contributed by atoms with Gasteiger partial charge >= 0.3 is 5.97 Å². The van der Waals surface area contributed by atoms with Crippen molar-refractivity contribution in [1.82, 2.24) is 4.90 Å². The Labute approximate surface area is 184 Å². The van der Waals surface area contributed by atoms with Gasteiger partial charge in [-0.3, -0.25) is 9.59 Å². The number of likely N-dealkylation sites (N-methyl/N-ethyl adjacent to an activating group) is 1. The van der Waals surface area contributed by atoms with Crippen LogP contribution in [0.1, 0.15) is 53.9 Å². The highest BCUT2D eigenvalue weighted by Gasteiger charge is 2.40. The lowest BCUT2D eigenvalue weighted by atomic mass is 9.98. The van der Waals surface area contributed by atoms with E-state index in [0.29, 0.717) is 17.9 Å². The molecule has 4 atom stereocenters. The summed E-state index contributed by atoms with van der Waals surface area (Å²) >= 11 is 0. The topological polar surface area (TPSA) is 115 Å². The van der Waals surface area contributed by atoms with Gasteiger partial charge in [-0.1, -0.05) is 43.7 Å². The van der Waals surface area contributed by atoms with Crippen molar-refractivity contribution in [3.8, 4) is 0 Å². The number of allylic oxidation sites excluding steroid dienone is 5. The lowest BCUT2D eigenvalue weighted by molar-refractivity contribution is -0.148. The van der Waals surface area contributed by atoms with Crippen LogP contribution in [0.5, 0.6) is 0 Å². The fourth-order valence-electron chi connectivity index (χ4n) is 3.33. The first-order valence-electron chi connectivity index (χ1n) is 10.6. The molecule has 1 aliphatic heterocycles. The summed E-state index contributed by atoms with van der Waals surface area (Å²) < 4.78 is 0. The van der Waals surface area contributed by atoms with Crippen LogP contribution in [-0.4, -0.2) is 57.1 Å². The summed E-state index contributed by atoms with van der Waals surface area (Å²) in [7, 11) is 1.55. The zero-order valence-corrected chi connectivity index (χ0v) is 19.3. The maximum atomic E-state index is 12.2. The Balaban J connectivity index is 2.60. The Morgan fingerprint density at radius 2 is 1.81 bits per heavy atom. The molecule has 0 saturated carbocycles. The molecule has 7 heteroatoms. The zero-order valence-electron chi connectivity index (χ0n) is 19.3. The number of amides is 1. The minimum Gasteiger partial charge on any atom is -0.507 e. The molecular formula is C24H35NO6. The molecule has 0 aromatic heterocycles. The average Bonchev–Trinajstić information content (AvgIpc) is 2.89. The predicted octanol–water partition coefficient (Wildman–Crippen LogP) is 3.56. The number of Topliss-reactive ketones (excluding diaryl/α,β-unsaturated/α-hetero) is 1. The molecule has 1 saturated heterocycles. The van der Waals surface area contributed by atoms with E-state index >= 15 is 0 Å². The highest BCUT2D eigenvalue weighted by molar-refractivity contribution is 6.26. The number of rotatable bonds is 10. The third kappa shape index (κ3) is 7.21. The van der Waals surface area contributed by atoms with Crippen LogP contribution >= 0.6 is 0 Å². The van der Waals surface area contributed by atoms with E-state index in [2.05, 4.69) is 6.92 Å². The number of ketones is 1. The Morgan fingerprint density at radius 1 is 1.19 bits per heavy atom. The van der Waals surface area contributed by atoms with Gasteiger partial charge in [0.05, 0.1) is 6.04 Å². The molecule has 0 aliphatic carbocycles. The lowest BCUT2D eigenvalue weighted by Crippen LogP contribution is -2.28. The van der Waals surface area contributed by atoms with Gasteiger partial charge in [-0.25, -0.2) is 4.79 Å². The number of nitrogens with zero attached hydrogens (tertiary/aromatic N) is 1. The third-order valence-electron chi connectivity index (χ3n) is 5.66. The number of aliphatic hydroxyl groups excluding tert-OH is 2. The van der Waals surface area contributed by atoms with E-state index in [1.54, 1.807) is 33.9 Å². The van der Waals surface area contributed by atoms with Crippen molar-refractivity contribution in [1.29, 1.82) is 0 Å². The number of aliphatic carboxylic acids is 1. The van der Waals surface area contributed by atoms with E-state index < -0.39 is 29.9 Å². The quantitative estimate of drug-likeness (QED) is 0.210. The van der Waals surface area contributed by atoms with E-state index in [4.69, 9.17) is 5.11 Å².